The van der Waals surface area contributed by atoms with E-state index in [1.54, 1.807) is 18.2 Å². The largest absolute Gasteiger partial charge is 0.409 e. The molecule has 0 aliphatic carbocycles. The average molecular weight is 342 g/mol. The fourth-order valence-corrected chi connectivity index (χ4v) is 2.14. The molecule has 2 rings (SSSR count). The second kappa shape index (κ2) is 5.76. The molecule has 9 heteroatoms. The number of carbonyl (C=O) groups is 1. The Morgan fingerprint density at radius 1 is 1.53 bits per heavy atom. The number of carbonyl (C=O) groups excluding carboxylic acids is 1. The number of amides is 1. The summed E-state index contributed by atoms with van der Waals surface area (Å²) in [6.07, 6.45) is 0. The summed E-state index contributed by atoms with van der Waals surface area (Å²) in [4.78, 5) is 11.9. The number of hydrogen-bond donors (Lipinski definition) is 3. The van der Waals surface area contributed by atoms with E-state index in [4.69, 9.17) is 10.9 Å². The van der Waals surface area contributed by atoms with E-state index in [9.17, 15) is 4.79 Å². The molecular weight excluding hydrogens is 334 g/mol. The van der Waals surface area contributed by atoms with E-state index in [-0.39, 0.29) is 11.5 Å². The van der Waals surface area contributed by atoms with Crippen LogP contribution in [-0.2, 0) is 0 Å². The molecule has 0 aliphatic heterocycles. The summed E-state index contributed by atoms with van der Waals surface area (Å²) in [6.45, 7) is 0. The lowest BCUT2D eigenvalue weighted by molar-refractivity contribution is 0.102. The zero-order chi connectivity index (χ0) is 13.8. The summed E-state index contributed by atoms with van der Waals surface area (Å²) in [6, 6.07) is 4.98. The first-order chi connectivity index (χ1) is 9.11. The summed E-state index contributed by atoms with van der Waals surface area (Å²) in [7, 11) is 0. The van der Waals surface area contributed by atoms with Crippen LogP contribution in [0.1, 0.15) is 16.1 Å². The molecule has 1 aromatic heterocycles. The van der Waals surface area contributed by atoms with Crippen molar-refractivity contribution in [2.75, 3.05) is 5.32 Å². The number of rotatable bonds is 3. The fraction of sp³-hybridized carbons (Fsp3) is 0. The van der Waals surface area contributed by atoms with Crippen LogP contribution in [0.5, 0.6) is 0 Å². The van der Waals surface area contributed by atoms with Crippen LogP contribution in [0, 0.1) is 0 Å². The maximum atomic E-state index is 11.9. The molecule has 0 spiro atoms. The van der Waals surface area contributed by atoms with Gasteiger partial charge in [0.25, 0.3) is 5.91 Å². The van der Waals surface area contributed by atoms with Gasteiger partial charge in [-0.2, -0.15) is 0 Å². The number of amidine groups is 1. The van der Waals surface area contributed by atoms with E-state index in [0.29, 0.717) is 11.3 Å². The van der Waals surface area contributed by atoms with E-state index in [2.05, 4.69) is 36.0 Å². The predicted octanol–water partition coefficient (Wildman–Crippen LogP) is 1.65. The Hall–Kier alpha value is -2.00. The van der Waals surface area contributed by atoms with Gasteiger partial charge in [-0.3, -0.25) is 4.79 Å². The van der Waals surface area contributed by atoms with Crippen molar-refractivity contribution in [1.82, 2.24) is 9.59 Å². The number of benzene rings is 1. The monoisotopic (exact) mass is 341 g/mol. The molecule has 19 heavy (non-hydrogen) atoms. The number of nitrogens with one attached hydrogen (secondary N) is 1. The second-order valence-electron chi connectivity index (χ2n) is 3.42. The van der Waals surface area contributed by atoms with Crippen LogP contribution in [0.4, 0.5) is 5.69 Å². The number of anilines is 1. The van der Waals surface area contributed by atoms with Crippen molar-refractivity contribution >= 4 is 44.9 Å². The van der Waals surface area contributed by atoms with E-state index >= 15 is 0 Å². The summed E-state index contributed by atoms with van der Waals surface area (Å²) in [5, 5.41) is 19.5. The van der Waals surface area contributed by atoms with Gasteiger partial charge in [0.2, 0.25) is 0 Å². The topological polar surface area (TPSA) is 113 Å². The van der Waals surface area contributed by atoms with Gasteiger partial charge in [0.15, 0.2) is 11.5 Å². The van der Waals surface area contributed by atoms with Gasteiger partial charge in [0, 0.05) is 15.4 Å². The fourth-order valence-electron chi connectivity index (χ4n) is 1.35. The minimum Gasteiger partial charge on any atom is -0.409 e. The van der Waals surface area contributed by atoms with Gasteiger partial charge in [0.05, 0.1) is 5.69 Å². The number of nitrogens with two attached hydrogens (primary N) is 1. The van der Waals surface area contributed by atoms with Crippen LogP contribution in [0.3, 0.4) is 0 Å². The number of hydrogen-bond acceptors (Lipinski definition) is 6. The summed E-state index contributed by atoms with van der Waals surface area (Å²) >= 11 is 4.36. The number of oxime groups is 1. The molecule has 0 fully saturated rings. The highest BCUT2D eigenvalue weighted by Gasteiger charge is 2.14. The van der Waals surface area contributed by atoms with Crippen molar-refractivity contribution < 1.29 is 10.0 Å². The van der Waals surface area contributed by atoms with Crippen LogP contribution in [-0.4, -0.2) is 26.5 Å². The third-order valence-electron chi connectivity index (χ3n) is 2.21. The van der Waals surface area contributed by atoms with Crippen molar-refractivity contribution in [2.24, 2.45) is 10.9 Å². The molecule has 0 atom stereocenters. The van der Waals surface area contributed by atoms with E-state index in [1.165, 1.54) is 5.38 Å². The summed E-state index contributed by atoms with van der Waals surface area (Å²) in [5.41, 5.74) is 6.56. The predicted molar refractivity (Wildman–Crippen MR) is 74.5 cm³/mol. The highest BCUT2D eigenvalue weighted by molar-refractivity contribution is 9.10. The SMILES string of the molecule is N/C(=N/O)c1ccc(Br)cc1NC(=O)c1csnn1. The van der Waals surface area contributed by atoms with E-state index in [1.807, 2.05) is 0 Å². The van der Waals surface area contributed by atoms with Crippen molar-refractivity contribution in [1.29, 1.82) is 0 Å². The van der Waals surface area contributed by atoms with Crippen molar-refractivity contribution in [2.45, 2.75) is 0 Å². The molecule has 0 bridgehead atoms. The zero-order valence-electron chi connectivity index (χ0n) is 9.37. The zero-order valence-corrected chi connectivity index (χ0v) is 11.8. The van der Waals surface area contributed by atoms with Gasteiger partial charge in [-0.25, -0.2) is 0 Å². The van der Waals surface area contributed by atoms with Gasteiger partial charge in [-0.05, 0) is 29.7 Å². The lowest BCUT2D eigenvalue weighted by atomic mass is 10.1. The van der Waals surface area contributed by atoms with E-state index in [0.717, 1.165) is 16.0 Å². The Morgan fingerprint density at radius 2 is 2.32 bits per heavy atom. The number of nitrogens with zero attached hydrogens (tertiary/aromatic N) is 3. The molecule has 0 saturated heterocycles. The van der Waals surface area contributed by atoms with Crippen LogP contribution in [0.15, 0.2) is 33.2 Å². The Labute approximate surface area is 120 Å². The molecule has 0 radical (unpaired) electrons. The first-order valence-electron chi connectivity index (χ1n) is 4.97. The van der Waals surface area contributed by atoms with Gasteiger partial charge in [-0.1, -0.05) is 25.6 Å². The normalized spacial score (nSPS) is 11.3. The van der Waals surface area contributed by atoms with Crippen LogP contribution in [0.25, 0.3) is 0 Å². The van der Waals surface area contributed by atoms with Gasteiger partial charge in [-0.15, -0.1) is 5.10 Å². The molecule has 2 aromatic rings. The molecule has 98 valence electrons. The third-order valence-corrected chi connectivity index (χ3v) is 3.20. The van der Waals surface area contributed by atoms with Gasteiger partial charge < -0.3 is 16.3 Å². The Balaban J connectivity index is 2.33. The summed E-state index contributed by atoms with van der Waals surface area (Å²) < 4.78 is 4.35. The molecule has 7 nitrogen and oxygen atoms in total. The minimum absolute atomic E-state index is 0.0980. The van der Waals surface area contributed by atoms with Crippen molar-refractivity contribution in [3.05, 3.63) is 39.3 Å². The number of aromatic nitrogens is 2. The molecule has 4 N–H and O–H groups in total. The lowest BCUT2D eigenvalue weighted by Crippen LogP contribution is -2.19. The molecule has 0 aliphatic rings. The van der Waals surface area contributed by atoms with Crippen molar-refractivity contribution in [3.63, 3.8) is 0 Å². The summed E-state index contributed by atoms with van der Waals surface area (Å²) in [5.74, 6) is -0.516. The molecular formula is C10H8BrN5O2S. The Morgan fingerprint density at radius 3 is 2.95 bits per heavy atom. The van der Waals surface area contributed by atoms with Crippen LogP contribution < -0.4 is 11.1 Å². The van der Waals surface area contributed by atoms with Crippen LogP contribution in [0.2, 0.25) is 0 Å². The quantitative estimate of drug-likeness (QED) is 0.340. The number of halogens is 1. The van der Waals surface area contributed by atoms with Crippen LogP contribution >= 0.6 is 27.5 Å². The molecule has 0 unspecified atom stereocenters. The lowest BCUT2D eigenvalue weighted by Gasteiger charge is -2.09. The standard InChI is InChI=1S/C10H8BrN5O2S/c11-5-1-2-6(9(12)15-18)7(3-5)13-10(17)8-4-19-16-14-8/h1-4,18H,(H2,12,15)(H,13,17). The maximum Gasteiger partial charge on any atom is 0.277 e. The van der Waals surface area contributed by atoms with E-state index < -0.39 is 5.91 Å². The highest BCUT2D eigenvalue weighted by Crippen LogP contribution is 2.22. The maximum absolute atomic E-state index is 11.9. The van der Waals surface area contributed by atoms with Gasteiger partial charge >= 0.3 is 0 Å². The second-order valence-corrected chi connectivity index (χ2v) is 4.94. The molecule has 1 amide bonds. The first-order valence-corrected chi connectivity index (χ1v) is 6.60. The average Bonchev–Trinajstić information content (AvgIpc) is 2.92. The minimum atomic E-state index is -0.418. The Kier molecular flexibility index (Phi) is 4.07. The molecule has 1 aromatic carbocycles. The van der Waals surface area contributed by atoms with Crippen molar-refractivity contribution in [3.8, 4) is 0 Å². The third kappa shape index (κ3) is 3.06. The molecule has 0 saturated carbocycles. The molecule has 1 heterocycles. The highest BCUT2D eigenvalue weighted by atomic mass is 79.9. The smallest absolute Gasteiger partial charge is 0.277 e. The van der Waals surface area contributed by atoms with Gasteiger partial charge in [0.1, 0.15) is 0 Å². The Bertz CT molecular complexity index is 629. The first kappa shape index (κ1) is 13.4.